The van der Waals surface area contributed by atoms with Crippen LogP contribution in [0.4, 0.5) is 0 Å². The fourth-order valence-electron chi connectivity index (χ4n) is 2.85. The smallest absolute Gasteiger partial charge is 0.0386 e. The highest BCUT2D eigenvalue weighted by Gasteiger charge is 2.25. The lowest BCUT2D eigenvalue weighted by Crippen LogP contribution is -2.15. The first-order valence-electron chi connectivity index (χ1n) is 5.28. The maximum Gasteiger partial charge on any atom is -0.0386 e. The summed E-state index contributed by atoms with van der Waals surface area (Å²) in [7, 11) is 0. The van der Waals surface area contributed by atoms with Crippen molar-refractivity contribution in [3.05, 3.63) is 6.42 Å². The molecule has 0 saturated heterocycles. The van der Waals surface area contributed by atoms with Crippen molar-refractivity contribution in [2.24, 2.45) is 11.8 Å². The van der Waals surface area contributed by atoms with Gasteiger partial charge < -0.3 is 0 Å². The van der Waals surface area contributed by atoms with Gasteiger partial charge >= 0.3 is 0 Å². The zero-order valence-electron chi connectivity index (χ0n) is 7.39. The maximum absolute atomic E-state index is 2.48. The summed E-state index contributed by atoms with van der Waals surface area (Å²) in [5.74, 6) is 2.24. The lowest BCUT2D eigenvalue weighted by Gasteiger charge is -2.26. The molecule has 0 nitrogen and oxygen atoms in total. The Bertz CT molecular complexity index is 105. The lowest BCUT2D eigenvalue weighted by atomic mass is 9.79. The molecule has 0 heterocycles. The molecule has 0 amide bonds. The molecule has 2 rings (SSSR count). The molecular weight excluding hydrogens is 132 g/mol. The maximum atomic E-state index is 2.48. The summed E-state index contributed by atoms with van der Waals surface area (Å²) in [4.78, 5) is 0. The topological polar surface area (TPSA) is 0 Å². The van der Waals surface area contributed by atoms with Crippen LogP contribution in [0.5, 0.6) is 0 Å². The van der Waals surface area contributed by atoms with Gasteiger partial charge in [-0.05, 0) is 43.9 Å². The van der Waals surface area contributed by atoms with Gasteiger partial charge in [-0.15, -0.1) is 0 Å². The highest BCUT2D eigenvalue weighted by molar-refractivity contribution is 4.82. The van der Waals surface area contributed by atoms with Gasteiger partial charge in [0, 0.05) is 0 Å². The highest BCUT2D eigenvalue weighted by atomic mass is 14.3. The number of hydrogen-bond acceptors (Lipinski definition) is 0. The minimum Gasteiger partial charge on any atom is -0.0530 e. The first-order valence-corrected chi connectivity index (χ1v) is 5.28. The molecule has 0 heteroatoms. The van der Waals surface area contributed by atoms with Gasteiger partial charge in [0.1, 0.15) is 0 Å². The summed E-state index contributed by atoms with van der Waals surface area (Å²) in [6.07, 6.45) is 14.4. The van der Waals surface area contributed by atoms with Crippen molar-refractivity contribution in [1.82, 2.24) is 0 Å². The van der Waals surface area contributed by atoms with Gasteiger partial charge in [0.25, 0.3) is 0 Å². The summed E-state index contributed by atoms with van der Waals surface area (Å²) in [6.45, 7) is 0. The van der Waals surface area contributed by atoms with E-state index in [-0.39, 0.29) is 0 Å². The molecule has 0 spiro atoms. The van der Waals surface area contributed by atoms with Crippen LogP contribution in [0.3, 0.4) is 0 Å². The molecule has 1 radical (unpaired) electrons. The van der Waals surface area contributed by atoms with Crippen LogP contribution in [-0.4, -0.2) is 0 Å². The Labute approximate surface area is 70.4 Å². The normalized spacial score (nSPS) is 29.5. The van der Waals surface area contributed by atoms with Crippen LogP contribution in [0.25, 0.3) is 0 Å². The molecule has 2 saturated carbocycles. The Morgan fingerprint density at radius 2 is 1.27 bits per heavy atom. The van der Waals surface area contributed by atoms with Crippen molar-refractivity contribution < 1.29 is 0 Å². The number of rotatable bonds is 1. The SMILES string of the molecule is [CH]1CCC(C2CCCC2)CC1. The molecule has 0 aliphatic heterocycles. The zero-order chi connectivity index (χ0) is 7.52. The Hall–Kier alpha value is 0. The van der Waals surface area contributed by atoms with Gasteiger partial charge in [-0.3, -0.25) is 0 Å². The van der Waals surface area contributed by atoms with Crippen molar-refractivity contribution in [1.29, 1.82) is 0 Å². The van der Waals surface area contributed by atoms with E-state index in [1.165, 1.54) is 38.5 Å². The molecule has 0 aromatic rings. The minimum absolute atomic E-state index is 1.11. The molecule has 11 heavy (non-hydrogen) atoms. The second-order valence-electron chi connectivity index (χ2n) is 4.25. The van der Waals surface area contributed by atoms with E-state index in [0.717, 1.165) is 11.8 Å². The number of hydrogen-bond donors (Lipinski definition) is 0. The summed E-state index contributed by atoms with van der Waals surface area (Å²) in [6, 6.07) is 0. The van der Waals surface area contributed by atoms with Gasteiger partial charge in [-0.1, -0.05) is 25.7 Å². The molecule has 0 atom stereocenters. The summed E-state index contributed by atoms with van der Waals surface area (Å²) in [5, 5.41) is 0. The largest absolute Gasteiger partial charge is 0.0530 e. The molecule has 0 N–H and O–H groups in total. The van der Waals surface area contributed by atoms with E-state index in [1.54, 1.807) is 12.8 Å². The van der Waals surface area contributed by atoms with Crippen molar-refractivity contribution in [2.75, 3.05) is 0 Å². The van der Waals surface area contributed by atoms with E-state index in [2.05, 4.69) is 6.42 Å². The first-order chi connectivity index (χ1) is 5.47. The molecule has 0 aromatic heterocycles. The molecular formula is C11H19. The van der Waals surface area contributed by atoms with Crippen LogP contribution in [0.15, 0.2) is 0 Å². The van der Waals surface area contributed by atoms with Gasteiger partial charge in [0.05, 0.1) is 0 Å². The third-order valence-corrected chi connectivity index (χ3v) is 3.55. The molecule has 63 valence electrons. The highest BCUT2D eigenvalue weighted by Crippen LogP contribution is 2.38. The molecule has 0 aromatic carbocycles. The Morgan fingerprint density at radius 1 is 0.727 bits per heavy atom. The molecule has 2 aliphatic carbocycles. The van der Waals surface area contributed by atoms with E-state index >= 15 is 0 Å². The van der Waals surface area contributed by atoms with Crippen LogP contribution in [0.2, 0.25) is 0 Å². The van der Waals surface area contributed by atoms with Crippen LogP contribution in [0.1, 0.15) is 51.4 Å². The monoisotopic (exact) mass is 151 g/mol. The summed E-state index contributed by atoms with van der Waals surface area (Å²) in [5.41, 5.74) is 0. The first kappa shape index (κ1) is 7.64. The molecule has 2 fully saturated rings. The van der Waals surface area contributed by atoms with E-state index in [0.29, 0.717) is 0 Å². The average Bonchev–Trinajstić information content (AvgIpc) is 2.58. The second kappa shape index (κ2) is 3.60. The minimum atomic E-state index is 1.11. The van der Waals surface area contributed by atoms with Crippen molar-refractivity contribution >= 4 is 0 Å². The van der Waals surface area contributed by atoms with Gasteiger partial charge in [0.15, 0.2) is 0 Å². The molecule has 0 unspecified atom stereocenters. The Morgan fingerprint density at radius 3 is 1.91 bits per heavy atom. The van der Waals surface area contributed by atoms with Crippen molar-refractivity contribution in [3.63, 3.8) is 0 Å². The van der Waals surface area contributed by atoms with Crippen molar-refractivity contribution in [3.8, 4) is 0 Å². The Kier molecular flexibility index (Phi) is 2.50. The van der Waals surface area contributed by atoms with E-state index in [4.69, 9.17) is 0 Å². The standard InChI is InChI=1S/C11H19/c1-2-6-10(7-3-1)11-8-4-5-9-11/h1,10-11H,2-9H2. The molecule has 0 bridgehead atoms. The summed E-state index contributed by atoms with van der Waals surface area (Å²) >= 11 is 0. The van der Waals surface area contributed by atoms with Crippen LogP contribution in [0, 0.1) is 18.3 Å². The van der Waals surface area contributed by atoms with Crippen LogP contribution < -0.4 is 0 Å². The third-order valence-electron chi connectivity index (χ3n) is 3.55. The molecule has 2 aliphatic rings. The second-order valence-corrected chi connectivity index (χ2v) is 4.25. The average molecular weight is 151 g/mol. The van der Waals surface area contributed by atoms with E-state index in [1.807, 2.05) is 0 Å². The van der Waals surface area contributed by atoms with E-state index in [9.17, 15) is 0 Å². The Balaban J connectivity index is 1.82. The summed E-state index contributed by atoms with van der Waals surface area (Å²) < 4.78 is 0. The van der Waals surface area contributed by atoms with Crippen molar-refractivity contribution in [2.45, 2.75) is 51.4 Å². The van der Waals surface area contributed by atoms with Crippen LogP contribution >= 0.6 is 0 Å². The quantitative estimate of drug-likeness (QED) is 0.537. The third kappa shape index (κ3) is 1.77. The fraction of sp³-hybridized carbons (Fsp3) is 0.909. The van der Waals surface area contributed by atoms with Gasteiger partial charge in [0.2, 0.25) is 0 Å². The van der Waals surface area contributed by atoms with Crippen LogP contribution in [-0.2, 0) is 0 Å². The van der Waals surface area contributed by atoms with E-state index < -0.39 is 0 Å². The van der Waals surface area contributed by atoms with Gasteiger partial charge in [-0.25, -0.2) is 0 Å². The lowest BCUT2D eigenvalue weighted by molar-refractivity contribution is 0.276. The zero-order valence-corrected chi connectivity index (χ0v) is 7.39. The predicted molar refractivity (Wildman–Crippen MR) is 48.2 cm³/mol. The van der Waals surface area contributed by atoms with Gasteiger partial charge in [-0.2, -0.15) is 0 Å². The fourth-order valence-corrected chi connectivity index (χ4v) is 2.85. The predicted octanol–water partition coefficient (Wildman–Crippen LogP) is 3.57.